The molecule has 0 atom stereocenters. The van der Waals surface area contributed by atoms with E-state index in [0.29, 0.717) is 11.6 Å². The van der Waals surface area contributed by atoms with Gasteiger partial charge in [0.05, 0.1) is 18.5 Å². The van der Waals surface area contributed by atoms with Gasteiger partial charge in [0.25, 0.3) is 0 Å². The van der Waals surface area contributed by atoms with Gasteiger partial charge in [-0.3, -0.25) is 4.98 Å². The maximum absolute atomic E-state index is 11.6. The number of carbonyl (C=O) groups excluding carboxylic acids is 1. The lowest BCUT2D eigenvalue weighted by Gasteiger charge is -1.93. The summed E-state index contributed by atoms with van der Waals surface area (Å²) >= 11 is 1.45. The Morgan fingerprint density at radius 3 is 2.77 bits per heavy atom. The van der Waals surface area contributed by atoms with Crippen molar-refractivity contribution < 1.29 is 13.9 Å². The van der Waals surface area contributed by atoms with Crippen LogP contribution in [-0.4, -0.2) is 28.0 Å². The van der Waals surface area contributed by atoms with Crippen molar-refractivity contribution in [3.63, 3.8) is 0 Å². The first-order valence-corrected chi connectivity index (χ1v) is 7.35. The Kier molecular flexibility index (Phi) is 3.72. The van der Waals surface area contributed by atoms with Crippen molar-refractivity contribution in [1.82, 2.24) is 15.0 Å². The van der Waals surface area contributed by atoms with Gasteiger partial charge in [-0.1, -0.05) is 0 Å². The van der Waals surface area contributed by atoms with Gasteiger partial charge in [-0.2, -0.15) is 0 Å². The fourth-order valence-electron chi connectivity index (χ4n) is 1.98. The van der Waals surface area contributed by atoms with Gasteiger partial charge in [-0.05, 0) is 26.0 Å². The van der Waals surface area contributed by atoms with E-state index in [9.17, 15) is 4.79 Å². The molecular weight excluding hydrogens is 302 g/mol. The molecular formula is C15H13N3O3S. The van der Waals surface area contributed by atoms with Crippen molar-refractivity contribution in [1.29, 1.82) is 0 Å². The van der Waals surface area contributed by atoms with Crippen LogP contribution in [0.4, 0.5) is 0 Å². The Labute approximate surface area is 130 Å². The summed E-state index contributed by atoms with van der Waals surface area (Å²) in [5, 5.41) is 0.830. The van der Waals surface area contributed by atoms with Crippen LogP contribution < -0.4 is 0 Å². The molecule has 112 valence electrons. The molecule has 0 bridgehead atoms. The van der Waals surface area contributed by atoms with Crippen molar-refractivity contribution >= 4 is 17.3 Å². The van der Waals surface area contributed by atoms with E-state index >= 15 is 0 Å². The van der Waals surface area contributed by atoms with Gasteiger partial charge in [0.15, 0.2) is 0 Å². The predicted octanol–water partition coefficient (Wildman–Crippen LogP) is 3.26. The van der Waals surface area contributed by atoms with Gasteiger partial charge in [0.2, 0.25) is 11.7 Å². The normalized spacial score (nSPS) is 10.7. The maximum Gasteiger partial charge on any atom is 0.375 e. The minimum absolute atomic E-state index is 0.119. The van der Waals surface area contributed by atoms with Crippen LogP contribution in [0, 0.1) is 13.8 Å². The number of nitrogens with zero attached hydrogens (tertiary/aromatic N) is 3. The minimum Gasteiger partial charge on any atom is -0.463 e. The molecule has 7 heteroatoms. The van der Waals surface area contributed by atoms with Crippen molar-refractivity contribution in [2.75, 3.05) is 7.11 Å². The predicted molar refractivity (Wildman–Crippen MR) is 81.7 cm³/mol. The molecule has 0 saturated carbocycles. The lowest BCUT2D eigenvalue weighted by Crippen LogP contribution is -2.00. The molecule has 0 spiro atoms. The third-order valence-corrected chi connectivity index (χ3v) is 4.26. The monoisotopic (exact) mass is 315 g/mol. The number of ether oxygens (including phenoxy) is 1. The minimum atomic E-state index is -0.536. The Morgan fingerprint density at radius 1 is 1.27 bits per heavy atom. The Hall–Kier alpha value is -2.54. The summed E-state index contributed by atoms with van der Waals surface area (Å²) in [6.07, 6.45) is 3.47. The van der Waals surface area contributed by atoms with Gasteiger partial charge in [-0.15, -0.1) is 11.3 Å². The molecule has 0 aliphatic heterocycles. The highest BCUT2D eigenvalue weighted by atomic mass is 32.1. The zero-order chi connectivity index (χ0) is 15.7. The van der Waals surface area contributed by atoms with E-state index < -0.39 is 5.97 Å². The van der Waals surface area contributed by atoms with Gasteiger partial charge in [0.1, 0.15) is 9.88 Å². The number of aryl methyl sites for hydroxylation is 2. The second kappa shape index (κ2) is 5.69. The molecule has 6 nitrogen and oxygen atoms in total. The number of rotatable bonds is 3. The average molecular weight is 315 g/mol. The van der Waals surface area contributed by atoms with E-state index in [1.54, 1.807) is 19.3 Å². The van der Waals surface area contributed by atoms with Crippen LogP contribution in [0.3, 0.4) is 0 Å². The average Bonchev–Trinajstić information content (AvgIpc) is 3.10. The third-order valence-electron chi connectivity index (χ3n) is 3.07. The molecule has 0 aliphatic carbocycles. The van der Waals surface area contributed by atoms with E-state index in [2.05, 4.69) is 19.7 Å². The molecule has 0 amide bonds. The zero-order valence-electron chi connectivity index (χ0n) is 12.3. The topological polar surface area (TPSA) is 78.1 Å². The summed E-state index contributed by atoms with van der Waals surface area (Å²) in [7, 11) is 1.31. The van der Waals surface area contributed by atoms with Crippen molar-refractivity contribution in [2.24, 2.45) is 0 Å². The smallest absolute Gasteiger partial charge is 0.375 e. The number of carbonyl (C=O) groups is 1. The Bertz CT molecular complexity index is 824. The van der Waals surface area contributed by atoms with Crippen LogP contribution in [0.15, 0.2) is 28.9 Å². The summed E-state index contributed by atoms with van der Waals surface area (Å²) in [4.78, 5) is 25.3. The van der Waals surface area contributed by atoms with Gasteiger partial charge < -0.3 is 9.15 Å². The van der Waals surface area contributed by atoms with Crippen molar-refractivity contribution in [2.45, 2.75) is 13.8 Å². The molecule has 3 aromatic heterocycles. The number of hydrogen-bond donors (Lipinski definition) is 0. The first-order chi connectivity index (χ1) is 10.6. The van der Waals surface area contributed by atoms with Crippen LogP contribution in [0.1, 0.15) is 21.9 Å². The molecule has 3 aromatic rings. The second-order valence-electron chi connectivity index (χ2n) is 4.60. The van der Waals surface area contributed by atoms with Crippen LogP contribution >= 0.6 is 11.3 Å². The summed E-state index contributed by atoms with van der Waals surface area (Å²) < 4.78 is 10.2. The number of oxazole rings is 1. The molecule has 0 radical (unpaired) electrons. The lowest BCUT2D eigenvalue weighted by atomic mass is 10.3. The maximum atomic E-state index is 11.6. The number of thiazole rings is 1. The summed E-state index contributed by atoms with van der Waals surface area (Å²) in [6, 6.07) is 3.80. The summed E-state index contributed by atoms with van der Waals surface area (Å²) in [6.45, 7) is 3.58. The molecule has 22 heavy (non-hydrogen) atoms. The molecule has 0 saturated heterocycles. The number of hydrogen-bond acceptors (Lipinski definition) is 7. The fraction of sp³-hybridized carbons (Fsp3) is 0.200. The molecule has 3 heterocycles. The van der Waals surface area contributed by atoms with E-state index in [0.717, 1.165) is 21.1 Å². The summed E-state index contributed by atoms with van der Waals surface area (Å²) in [5.41, 5.74) is 2.22. The highest BCUT2D eigenvalue weighted by molar-refractivity contribution is 7.18. The molecule has 0 N–H and O–H groups in total. The molecule has 0 aromatic carbocycles. The molecule has 3 rings (SSSR count). The Morgan fingerprint density at radius 2 is 2.09 bits per heavy atom. The van der Waals surface area contributed by atoms with Crippen molar-refractivity contribution in [3.05, 3.63) is 41.7 Å². The number of esters is 1. The first kappa shape index (κ1) is 14.4. The van der Waals surface area contributed by atoms with E-state index in [-0.39, 0.29) is 5.76 Å². The second-order valence-corrected chi connectivity index (χ2v) is 5.60. The SMILES string of the molecule is COC(=O)c1oc(-c2sc(-c3cccnc3)nc2C)nc1C. The molecule has 0 aliphatic rings. The quantitative estimate of drug-likeness (QED) is 0.690. The van der Waals surface area contributed by atoms with Crippen molar-refractivity contribution in [3.8, 4) is 21.3 Å². The van der Waals surface area contributed by atoms with E-state index in [1.807, 2.05) is 19.1 Å². The Balaban J connectivity index is 2.03. The number of aromatic nitrogens is 3. The number of pyridine rings is 1. The highest BCUT2D eigenvalue weighted by Crippen LogP contribution is 2.35. The van der Waals surface area contributed by atoms with E-state index in [4.69, 9.17) is 4.42 Å². The van der Waals surface area contributed by atoms with Crippen LogP contribution in [-0.2, 0) is 4.74 Å². The van der Waals surface area contributed by atoms with E-state index in [1.165, 1.54) is 18.4 Å². The largest absolute Gasteiger partial charge is 0.463 e. The molecule has 0 fully saturated rings. The van der Waals surface area contributed by atoms with Crippen LogP contribution in [0.25, 0.3) is 21.3 Å². The zero-order valence-corrected chi connectivity index (χ0v) is 13.1. The number of methoxy groups -OCH3 is 1. The van der Waals surface area contributed by atoms with Gasteiger partial charge >= 0.3 is 5.97 Å². The molecule has 0 unspecified atom stereocenters. The van der Waals surface area contributed by atoms with Crippen LogP contribution in [0.5, 0.6) is 0 Å². The highest BCUT2D eigenvalue weighted by Gasteiger charge is 2.22. The van der Waals surface area contributed by atoms with Gasteiger partial charge in [0, 0.05) is 18.0 Å². The first-order valence-electron chi connectivity index (χ1n) is 6.54. The summed E-state index contributed by atoms with van der Waals surface area (Å²) in [5.74, 6) is -0.0397. The van der Waals surface area contributed by atoms with Crippen LogP contribution in [0.2, 0.25) is 0 Å². The third kappa shape index (κ3) is 2.50. The lowest BCUT2D eigenvalue weighted by molar-refractivity contribution is 0.0565. The standard InChI is InChI=1S/C15H13N3O3S/c1-8-11(15(19)20-3)21-13(17-8)12-9(2)18-14(22-12)10-5-4-6-16-7-10/h4-7H,1-3H3. The fourth-order valence-corrected chi connectivity index (χ4v) is 2.97. The van der Waals surface area contributed by atoms with Gasteiger partial charge in [-0.25, -0.2) is 14.8 Å².